The lowest BCUT2D eigenvalue weighted by atomic mass is 10.2. The molecule has 1 saturated heterocycles. The van der Waals surface area contributed by atoms with Crippen LogP contribution in [0.3, 0.4) is 0 Å². The Morgan fingerprint density at radius 1 is 1.31 bits per heavy atom. The Bertz CT molecular complexity index is 293. The molecule has 1 aliphatic heterocycles. The molecule has 0 amide bonds. The lowest BCUT2D eigenvalue weighted by molar-refractivity contribution is 0.298. The third-order valence-corrected chi connectivity index (χ3v) is 3.13. The third-order valence-electron chi connectivity index (χ3n) is 3.13. The molecule has 0 aliphatic carbocycles. The average Bonchev–Trinajstić information content (AvgIpc) is 2.81. The normalized spacial score (nSPS) is 18.8. The number of nitrogens with one attached hydrogen (secondary N) is 1. The monoisotopic (exact) mass is 219 g/mol. The van der Waals surface area contributed by atoms with Crippen LogP contribution in [0.25, 0.3) is 0 Å². The highest BCUT2D eigenvalue weighted by atomic mass is 15.2. The second-order valence-electron chi connectivity index (χ2n) is 4.65. The van der Waals surface area contributed by atoms with Crippen molar-refractivity contribution in [1.29, 1.82) is 0 Å². The molecule has 0 saturated carbocycles. The van der Waals surface area contributed by atoms with E-state index in [1.165, 1.54) is 38.0 Å². The molecular formula is C13H21N3. The van der Waals surface area contributed by atoms with Gasteiger partial charge in [-0.15, -0.1) is 0 Å². The van der Waals surface area contributed by atoms with Gasteiger partial charge in [0.2, 0.25) is 0 Å². The van der Waals surface area contributed by atoms with Crippen molar-refractivity contribution in [2.24, 2.45) is 0 Å². The highest BCUT2D eigenvalue weighted by Crippen LogP contribution is 2.07. The number of aromatic nitrogens is 1. The van der Waals surface area contributed by atoms with Crippen LogP contribution in [0.2, 0.25) is 0 Å². The van der Waals surface area contributed by atoms with E-state index in [4.69, 9.17) is 0 Å². The molecule has 2 rings (SSSR count). The van der Waals surface area contributed by atoms with E-state index >= 15 is 0 Å². The van der Waals surface area contributed by atoms with Crippen LogP contribution in [0.5, 0.6) is 0 Å². The van der Waals surface area contributed by atoms with Crippen LogP contribution < -0.4 is 5.32 Å². The molecular weight excluding hydrogens is 198 g/mol. The highest BCUT2D eigenvalue weighted by molar-refractivity contribution is 5.09. The number of nitrogens with zero attached hydrogens (tertiary/aromatic N) is 2. The zero-order valence-electron chi connectivity index (χ0n) is 10.0. The van der Waals surface area contributed by atoms with Crippen LogP contribution in [0.15, 0.2) is 24.5 Å². The molecule has 3 heteroatoms. The lowest BCUT2D eigenvalue weighted by Crippen LogP contribution is -2.37. The molecule has 0 radical (unpaired) electrons. The summed E-state index contributed by atoms with van der Waals surface area (Å²) in [6, 6.07) is 4.69. The van der Waals surface area contributed by atoms with E-state index in [2.05, 4.69) is 34.3 Å². The van der Waals surface area contributed by atoms with Crippen LogP contribution in [0.4, 0.5) is 0 Å². The second kappa shape index (κ2) is 5.97. The number of hydrogen-bond donors (Lipinski definition) is 1. The number of rotatable bonds is 5. The van der Waals surface area contributed by atoms with Gasteiger partial charge in [0.1, 0.15) is 0 Å². The molecule has 0 aromatic carbocycles. The molecule has 1 N–H and O–H groups in total. The Morgan fingerprint density at radius 2 is 2.00 bits per heavy atom. The minimum absolute atomic E-state index is 0.561. The summed E-state index contributed by atoms with van der Waals surface area (Å²) in [7, 11) is 0. The minimum atomic E-state index is 0.561. The van der Waals surface area contributed by atoms with Crippen molar-refractivity contribution in [1.82, 2.24) is 15.2 Å². The Morgan fingerprint density at radius 3 is 2.69 bits per heavy atom. The lowest BCUT2D eigenvalue weighted by Gasteiger charge is -2.21. The van der Waals surface area contributed by atoms with Crippen molar-refractivity contribution in [3.05, 3.63) is 30.1 Å². The van der Waals surface area contributed by atoms with E-state index in [1.54, 1.807) is 0 Å². The van der Waals surface area contributed by atoms with E-state index in [9.17, 15) is 0 Å². The standard InChI is InChI=1S/C13H21N3/c1-12(11-16-8-2-3-9-16)15-10-13-4-6-14-7-5-13/h4-7,12,15H,2-3,8-11H2,1H3. The fraction of sp³-hybridized carbons (Fsp3) is 0.615. The number of hydrogen-bond acceptors (Lipinski definition) is 3. The summed E-state index contributed by atoms with van der Waals surface area (Å²) in [4.78, 5) is 6.57. The first-order valence-electron chi connectivity index (χ1n) is 6.19. The van der Waals surface area contributed by atoms with Crippen molar-refractivity contribution < 1.29 is 0 Å². The van der Waals surface area contributed by atoms with Gasteiger partial charge in [-0.1, -0.05) is 0 Å². The Kier molecular flexibility index (Phi) is 4.31. The van der Waals surface area contributed by atoms with Gasteiger partial charge in [0.05, 0.1) is 0 Å². The van der Waals surface area contributed by atoms with Crippen molar-refractivity contribution >= 4 is 0 Å². The predicted octanol–water partition coefficient (Wildman–Crippen LogP) is 1.66. The van der Waals surface area contributed by atoms with Crippen LogP contribution in [0.1, 0.15) is 25.3 Å². The molecule has 1 unspecified atom stereocenters. The van der Waals surface area contributed by atoms with E-state index in [-0.39, 0.29) is 0 Å². The van der Waals surface area contributed by atoms with E-state index in [0.717, 1.165) is 6.54 Å². The van der Waals surface area contributed by atoms with Crippen LogP contribution in [-0.2, 0) is 6.54 Å². The van der Waals surface area contributed by atoms with Crippen molar-refractivity contribution in [2.75, 3.05) is 19.6 Å². The molecule has 2 heterocycles. The summed E-state index contributed by atoms with van der Waals surface area (Å²) in [5, 5.41) is 3.56. The van der Waals surface area contributed by atoms with Gasteiger partial charge in [-0.25, -0.2) is 0 Å². The molecule has 1 fully saturated rings. The Hall–Kier alpha value is -0.930. The molecule has 3 nitrogen and oxygen atoms in total. The smallest absolute Gasteiger partial charge is 0.0271 e. The quantitative estimate of drug-likeness (QED) is 0.816. The molecule has 88 valence electrons. The van der Waals surface area contributed by atoms with Gasteiger partial charge in [-0.05, 0) is 50.6 Å². The molecule has 1 aromatic heterocycles. The first-order chi connectivity index (χ1) is 7.84. The van der Waals surface area contributed by atoms with Gasteiger partial charge in [-0.2, -0.15) is 0 Å². The number of pyridine rings is 1. The predicted molar refractivity (Wildman–Crippen MR) is 66.2 cm³/mol. The summed E-state index contributed by atoms with van der Waals surface area (Å²) in [6.45, 7) is 6.94. The van der Waals surface area contributed by atoms with Crippen molar-refractivity contribution in [3.63, 3.8) is 0 Å². The number of likely N-dealkylation sites (tertiary alicyclic amines) is 1. The summed E-state index contributed by atoms with van der Waals surface area (Å²) >= 11 is 0. The molecule has 1 atom stereocenters. The second-order valence-corrected chi connectivity index (χ2v) is 4.65. The first kappa shape index (κ1) is 11.6. The first-order valence-corrected chi connectivity index (χ1v) is 6.19. The summed E-state index contributed by atoms with van der Waals surface area (Å²) in [5.41, 5.74) is 1.31. The molecule has 1 aliphatic rings. The fourth-order valence-corrected chi connectivity index (χ4v) is 2.21. The van der Waals surface area contributed by atoms with E-state index in [1.807, 2.05) is 12.4 Å². The molecule has 0 spiro atoms. The molecule has 16 heavy (non-hydrogen) atoms. The summed E-state index contributed by atoms with van der Waals surface area (Å²) < 4.78 is 0. The van der Waals surface area contributed by atoms with Crippen LogP contribution in [-0.4, -0.2) is 35.6 Å². The zero-order valence-corrected chi connectivity index (χ0v) is 10.0. The maximum absolute atomic E-state index is 4.02. The summed E-state index contributed by atoms with van der Waals surface area (Å²) in [5.74, 6) is 0. The third kappa shape index (κ3) is 3.58. The Balaban J connectivity index is 1.69. The van der Waals surface area contributed by atoms with Crippen LogP contribution >= 0.6 is 0 Å². The summed E-state index contributed by atoms with van der Waals surface area (Å²) in [6.07, 6.45) is 6.44. The van der Waals surface area contributed by atoms with Gasteiger partial charge in [0.15, 0.2) is 0 Å². The zero-order chi connectivity index (χ0) is 11.2. The van der Waals surface area contributed by atoms with Crippen LogP contribution in [0, 0.1) is 0 Å². The minimum Gasteiger partial charge on any atom is -0.309 e. The van der Waals surface area contributed by atoms with E-state index in [0.29, 0.717) is 6.04 Å². The molecule has 1 aromatic rings. The van der Waals surface area contributed by atoms with Gasteiger partial charge in [0.25, 0.3) is 0 Å². The SMILES string of the molecule is CC(CN1CCCC1)NCc1ccncc1. The maximum Gasteiger partial charge on any atom is 0.0271 e. The Labute approximate surface area is 97.9 Å². The van der Waals surface area contributed by atoms with Crippen molar-refractivity contribution in [2.45, 2.75) is 32.4 Å². The van der Waals surface area contributed by atoms with Gasteiger partial charge in [-0.3, -0.25) is 4.98 Å². The molecule has 0 bridgehead atoms. The van der Waals surface area contributed by atoms with Crippen molar-refractivity contribution in [3.8, 4) is 0 Å². The van der Waals surface area contributed by atoms with Gasteiger partial charge < -0.3 is 10.2 Å². The average molecular weight is 219 g/mol. The van der Waals surface area contributed by atoms with Gasteiger partial charge >= 0.3 is 0 Å². The maximum atomic E-state index is 4.02. The van der Waals surface area contributed by atoms with E-state index < -0.39 is 0 Å². The van der Waals surface area contributed by atoms with Gasteiger partial charge in [0, 0.05) is 31.5 Å². The topological polar surface area (TPSA) is 28.2 Å². The fourth-order valence-electron chi connectivity index (χ4n) is 2.21. The highest BCUT2D eigenvalue weighted by Gasteiger charge is 2.13. The largest absolute Gasteiger partial charge is 0.309 e.